The van der Waals surface area contributed by atoms with Crippen molar-refractivity contribution in [2.24, 2.45) is 45.8 Å². The van der Waals surface area contributed by atoms with Gasteiger partial charge in [0, 0.05) is 0 Å². The van der Waals surface area contributed by atoms with Gasteiger partial charge in [-0.05, 0) is 117 Å². The van der Waals surface area contributed by atoms with Crippen molar-refractivity contribution in [3.05, 3.63) is 35.5 Å². The summed E-state index contributed by atoms with van der Waals surface area (Å²) < 4.78 is 0. The van der Waals surface area contributed by atoms with E-state index in [1.54, 1.807) is 0 Å². The van der Waals surface area contributed by atoms with Gasteiger partial charge in [-0.1, -0.05) is 56.2 Å². The summed E-state index contributed by atoms with van der Waals surface area (Å²) in [4.78, 5) is 0. The molecule has 3 unspecified atom stereocenters. The maximum absolute atomic E-state index is 8.99. The molecule has 0 aliphatic heterocycles. The highest BCUT2D eigenvalue weighted by Crippen LogP contribution is 2.87. The zero-order chi connectivity index (χ0) is 23.3. The van der Waals surface area contributed by atoms with Crippen molar-refractivity contribution in [1.82, 2.24) is 0 Å². The summed E-state index contributed by atoms with van der Waals surface area (Å²) in [6.45, 7) is 16.3. The van der Waals surface area contributed by atoms with Gasteiger partial charge in [-0.3, -0.25) is 0 Å². The molecule has 0 spiro atoms. The Morgan fingerprint density at radius 3 is 1.88 bits per heavy atom. The molecule has 0 radical (unpaired) electrons. The summed E-state index contributed by atoms with van der Waals surface area (Å²) in [5, 5.41) is 18.0. The van der Waals surface area contributed by atoms with Crippen molar-refractivity contribution in [2.45, 2.75) is 92.4 Å². The van der Waals surface area contributed by atoms with Crippen LogP contribution in [0.1, 0.15) is 92.4 Å². The van der Waals surface area contributed by atoms with Crippen molar-refractivity contribution in [3.63, 3.8) is 0 Å². The first-order valence-corrected chi connectivity index (χ1v) is 13.3. The average molecular weight is 441 g/mol. The van der Waals surface area contributed by atoms with Crippen LogP contribution in [0.4, 0.5) is 0 Å². The molecule has 180 valence electrons. The molecule has 0 aromatic rings. The molecule has 32 heavy (non-hydrogen) atoms. The van der Waals surface area contributed by atoms with Crippen LogP contribution < -0.4 is 0 Å². The minimum atomic E-state index is 0.198. The van der Waals surface area contributed by atoms with E-state index in [0.29, 0.717) is 16.2 Å². The van der Waals surface area contributed by atoms with Crippen LogP contribution in [0, 0.1) is 45.8 Å². The molecular weight excluding hydrogens is 392 g/mol. The van der Waals surface area contributed by atoms with Crippen LogP contribution in [0.5, 0.6) is 0 Å². The zero-order valence-corrected chi connectivity index (χ0v) is 21.4. The maximum atomic E-state index is 8.99. The Kier molecular flexibility index (Phi) is 6.62. The third-order valence-corrected chi connectivity index (χ3v) is 11.5. The lowest BCUT2D eigenvalue weighted by Gasteiger charge is -2.36. The third-order valence-electron chi connectivity index (χ3n) is 11.5. The van der Waals surface area contributed by atoms with Crippen molar-refractivity contribution >= 4 is 0 Å². The highest BCUT2D eigenvalue weighted by molar-refractivity contribution is 5.29. The molecule has 6 aliphatic rings. The first-order chi connectivity index (χ1) is 15.1. The summed E-state index contributed by atoms with van der Waals surface area (Å²) in [6, 6.07) is 0. The Hall–Kier alpha value is -0.860. The molecule has 0 aromatic heterocycles. The van der Waals surface area contributed by atoms with E-state index in [-0.39, 0.29) is 13.2 Å². The van der Waals surface area contributed by atoms with Crippen LogP contribution in [0.25, 0.3) is 0 Å². The monoisotopic (exact) mass is 440 g/mol. The van der Waals surface area contributed by atoms with E-state index < -0.39 is 0 Å². The second-order valence-electron chi connectivity index (χ2n) is 12.7. The van der Waals surface area contributed by atoms with Crippen LogP contribution in [0.2, 0.25) is 0 Å². The van der Waals surface area contributed by atoms with E-state index in [1.807, 2.05) is 13.8 Å². The van der Waals surface area contributed by atoms with Gasteiger partial charge < -0.3 is 10.2 Å². The van der Waals surface area contributed by atoms with E-state index in [1.165, 1.54) is 50.5 Å². The largest absolute Gasteiger partial charge is 0.392 e. The molecule has 6 saturated carbocycles. The number of aliphatic hydroxyl groups is 2. The van der Waals surface area contributed by atoms with E-state index in [0.717, 1.165) is 53.6 Å². The van der Waals surface area contributed by atoms with E-state index >= 15 is 0 Å². The molecule has 6 rings (SSSR count). The third kappa shape index (κ3) is 3.68. The van der Waals surface area contributed by atoms with Crippen LogP contribution in [-0.4, -0.2) is 23.4 Å². The quantitative estimate of drug-likeness (QED) is 0.396. The van der Waals surface area contributed by atoms with Gasteiger partial charge in [-0.15, -0.1) is 0 Å². The average Bonchev–Trinajstić information content (AvgIpc) is 3.36. The van der Waals surface area contributed by atoms with Crippen molar-refractivity contribution in [2.75, 3.05) is 13.2 Å². The van der Waals surface area contributed by atoms with Gasteiger partial charge in [0.2, 0.25) is 0 Å². The Balaban J connectivity index is 0.000000153. The molecule has 0 amide bonds. The first kappa shape index (κ1) is 24.3. The predicted molar refractivity (Wildman–Crippen MR) is 134 cm³/mol. The Morgan fingerprint density at radius 2 is 1.44 bits per heavy atom. The topological polar surface area (TPSA) is 40.5 Å². The minimum Gasteiger partial charge on any atom is -0.392 e. The molecule has 0 saturated heterocycles. The van der Waals surface area contributed by atoms with Gasteiger partial charge in [0.05, 0.1) is 13.2 Å². The number of allylic oxidation sites excluding steroid dienone is 3. The van der Waals surface area contributed by atoms with Crippen molar-refractivity contribution in [3.8, 4) is 0 Å². The van der Waals surface area contributed by atoms with Gasteiger partial charge in [0.25, 0.3) is 0 Å². The Labute approximate surface area is 197 Å². The van der Waals surface area contributed by atoms with Gasteiger partial charge in [0.1, 0.15) is 0 Å². The predicted octanol–water partition coefficient (Wildman–Crippen LogP) is 7.09. The number of aliphatic hydroxyl groups excluding tert-OH is 2. The standard InChI is InChI=1S/2C15H24O/c1-10(9-16)5-4-6-14(2)11-7-12-13(8-11)15(12,14)3;1-11(10-16)5-4-8-15(3)12(2)13-6-7-14(15)9-13/h5,11-13,16H,4,6-9H2,1-3H3;5,13-14,16H,2,4,6-10H2,1,3H3/t11?,12-,13?,14-,15?;13-,14+,15+/m10/s1. The Morgan fingerprint density at radius 1 is 0.875 bits per heavy atom. The van der Waals surface area contributed by atoms with Gasteiger partial charge in [-0.2, -0.15) is 0 Å². The lowest BCUT2D eigenvalue weighted by atomic mass is 9.69. The molecule has 6 fully saturated rings. The summed E-state index contributed by atoms with van der Waals surface area (Å²) in [7, 11) is 0. The summed E-state index contributed by atoms with van der Waals surface area (Å²) in [5.74, 6) is 4.86. The van der Waals surface area contributed by atoms with E-state index in [4.69, 9.17) is 10.2 Å². The fourth-order valence-corrected chi connectivity index (χ4v) is 8.84. The summed E-state index contributed by atoms with van der Waals surface area (Å²) in [5.41, 5.74) is 5.42. The summed E-state index contributed by atoms with van der Waals surface area (Å²) >= 11 is 0. The zero-order valence-electron chi connectivity index (χ0n) is 21.4. The smallest absolute Gasteiger partial charge is 0.0639 e. The molecule has 0 heterocycles. The maximum Gasteiger partial charge on any atom is 0.0639 e. The fraction of sp³-hybridized carbons (Fsp3) is 0.800. The normalized spacial score (nSPS) is 46.0. The fourth-order valence-electron chi connectivity index (χ4n) is 8.84. The molecule has 6 aliphatic carbocycles. The highest BCUT2D eigenvalue weighted by atomic mass is 16.3. The van der Waals surface area contributed by atoms with Crippen LogP contribution in [-0.2, 0) is 0 Å². The molecule has 2 heteroatoms. The van der Waals surface area contributed by atoms with Crippen LogP contribution >= 0.6 is 0 Å². The second-order valence-corrected chi connectivity index (χ2v) is 12.7. The Bertz CT molecular complexity index is 779. The molecular formula is C30H48O2. The molecule has 0 aromatic carbocycles. The van der Waals surface area contributed by atoms with E-state index in [2.05, 4.69) is 39.5 Å². The van der Waals surface area contributed by atoms with Crippen LogP contribution in [0.3, 0.4) is 0 Å². The van der Waals surface area contributed by atoms with E-state index in [9.17, 15) is 0 Å². The second kappa shape index (κ2) is 8.73. The molecule has 2 nitrogen and oxygen atoms in total. The lowest BCUT2D eigenvalue weighted by molar-refractivity contribution is 0.154. The van der Waals surface area contributed by atoms with Crippen molar-refractivity contribution < 1.29 is 10.2 Å². The molecule has 2 N–H and O–H groups in total. The number of fused-ring (bicyclic) bond motifs is 2. The SMILES string of the molecule is C=C1[C@H]2CC[C@H](C2)[C@]1(C)CCC=C(C)CO.CC(=CCC[C@]1(C)C2CC3[C@@H](C2)C31C)CO. The molecule has 6 bridgehead atoms. The lowest BCUT2D eigenvalue weighted by Crippen LogP contribution is -2.26. The van der Waals surface area contributed by atoms with Crippen LogP contribution in [0.15, 0.2) is 35.5 Å². The number of hydrogen-bond donors (Lipinski definition) is 2. The van der Waals surface area contributed by atoms with Gasteiger partial charge in [-0.25, -0.2) is 0 Å². The first-order valence-electron chi connectivity index (χ1n) is 13.3. The number of hydrogen-bond acceptors (Lipinski definition) is 2. The van der Waals surface area contributed by atoms with Crippen molar-refractivity contribution in [1.29, 1.82) is 0 Å². The minimum absolute atomic E-state index is 0.198. The number of rotatable bonds is 8. The van der Waals surface area contributed by atoms with Gasteiger partial charge in [0.15, 0.2) is 0 Å². The highest BCUT2D eigenvalue weighted by Gasteiger charge is 2.80. The summed E-state index contributed by atoms with van der Waals surface area (Å²) in [6.07, 6.45) is 16.4. The van der Waals surface area contributed by atoms with Gasteiger partial charge >= 0.3 is 0 Å². The molecule has 8 atom stereocenters.